The van der Waals surface area contributed by atoms with Crippen molar-refractivity contribution in [3.8, 4) is 0 Å². The summed E-state index contributed by atoms with van der Waals surface area (Å²) in [6.45, 7) is 0.792. The van der Waals surface area contributed by atoms with Crippen LogP contribution in [0, 0.1) is 0 Å². The average Bonchev–Trinajstić information content (AvgIpc) is 2.48. The van der Waals surface area contributed by atoms with Crippen LogP contribution in [0.25, 0.3) is 0 Å². The Labute approximate surface area is 115 Å². The quantitative estimate of drug-likeness (QED) is 0.854. The van der Waals surface area contributed by atoms with Crippen molar-refractivity contribution in [1.29, 1.82) is 0 Å². The smallest absolute Gasteiger partial charge is 0.221 e. The lowest BCUT2D eigenvalue weighted by Crippen LogP contribution is -2.35. The molecule has 2 N–H and O–H groups in total. The molecule has 1 aliphatic rings. The predicted octanol–water partition coefficient (Wildman–Crippen LogP) is 2.44. The first-order chi connectivity index (χ1) is 9.29. The van der Waals surface area contributed by atoms with Crippen LogP contribution >= 0.6 is 0 Å². The van der Waals surface area contributed by atoms with Gasteiger partial charge in [-0.1, -0.05) is 30.3 Å². The average molecular weight is 260 g/mol. The Morgan fingerprint density at radius 3 is 2.47 bits per heavy atom. The topological polar surface area (TPSA) is 41.1 Å². The lowest BCUT2D eigenvalue weighted by molar-refractivity contribution is -0.120. The van der Waals surface area contributed by atoms with Gasteiger partial charge in [-0.2, -0.15) is 0 Å². The molecule has 0 bridgehead atoms. The van der Waals surface area contributed by atoms with Gasteiger partial charge in [-0.15, -0.1) is 0 Å². The van der Waals surface area contributed by atoms with Crippen LogP contribution < -0.4 is 10.6 Å². The van der Waals surface area contributed by atoms with E-state index in [1.54, 1.807) is 7.05 Å². The number of benzene rings is 1. The van der Waals surface area contributed by atoms with Crippen molar-refractivity contribution in [2.75, 3.05) is 13.6 Å². The first-order valence-corrected chi connectivity index (χ1v) is 7.28. The van der Waals surface area contributed by atoms with E-state index >= 15 is 0 Å². The van der Waals surface area contributed by atoms with Gasteiger partial charge in [0, 0.05) is 26.1 Å². The summed E-state index contributed by atoms with van der Waals surface area (Å²) in [5.41, 5.74) is 1.48. The van der Waals surface area contributed by atoms with Crippen LogP contribution in [0.4, 0.5) is 0 Å². The summed E-state index contributed by atoms with van der Waals surface area (Å²) in [5, 5.41) is 6.15. The van der Waals surface area contributed by atoms with Gasteiger partial charge < -0.3 is 10.6 Å². The first-order valence-electron chi connectivity index (χ1n) is 7.28. The van der Waals surface area contributed by atoms with E-state index in [9.17, 15) is 4.79 Å². The van der Waals surface area contributed by atoms with Crippen LogP contribution in [0.15, 0.2) is 30.3 Å². The SMILES string of the molecule is CNC(=O)CCNC1CCC(c2ccccc2)CC1. The summed E-state index contributed by atoms with van der Waals surface area (Å²) in [4.78, 5) is 11.1. The third-order valence-corrected chi connectivity index (χ3v) is 4.06. The van der Waals surface area contributed by atoms with Crippen LogP contribution in [0.1, 0.15) is 43.6 Å². The molecule has 0 radical (unpaired) electrons. The van der Waals surface area contributed by atoms with Crippen LogP contribution in [0.5, 0.6) is 0 Å². The van der Waals surface area contributed by atoms with E-state index in [-0.39, 0.29) is 5.91 Å². The standard InChI is InChI=1S/C16H24N2O/c1-17-16(19)11-12-18-15-9-7-14(8-10-15)13-5-3-2-4-6-13/h2-6,14-15,18H,7-12H2,1H3,(H,17,19). The fourth-order valence-electron chi connectivity index (χ4n) is 2.87. The van der Waals surface area contributed by atoms with E-state index in [1.165, 1.54) is 31.2 Å². The molecule has 19 heavy (non-hydrogen) atoms. The van der Waals surface area contributed by atoms with Crippen molar-refractivity contribution in [3.63, 3.8) is 0 Å². The molecule has 1 fully saturated rings. The third kappa shape index (κ3) is 4.35. The largest absolute Gasteiger partial charge is 0.359 e. The summed E-state index contributed by atoms with van der Waals surface area (Å²) >= 11 is 0. The Hall–Kier alpha value is -1.35. The summed E-state index contributed by atoms with van der Waals surface area (Å²) in [7, 11) is 1.69. The molecule has 0 heterocycles. The second kappa shape index (κ2) is 7.29. The molecule has 3 nitrogen and oxygen atoms in total. The highest BCUT2D eigenvalue weighted by molar-refractivity contribution is 5.75. The van der Waals surface area contributed by atoms with Gasteiger partial charge in [-0.25, -0.2) is 0 Å². The number of hydrogen-bond donors (Lipinski definition) is 2. The summed E-state index contributed by atoms with van der Waals surface area (Å²) in [5.74, 6) is 0.837. The molecule has 104 valence electrons. The van der Waals surface area contributed by atoms with Crippen LogP contribution in [-0.2, 0) is 4.79 Å². The van der Waals surface area contributed by atoms with Crippen LogP contribution in [-0.4, -0.2) is 25.5 Å². The number of rotatable bonds is 5. The molecule has 2 rings (SSSR count). The van der Waals surface area contributed by atoms with Gasteiger partial charge in [0.05, 0.1) is 0 Å². The molecule has 0 unspecified atom stereocenters. The highest BCUT2D eigenvalue weighted by Crippen LogP contribution is 2.32. The van der Waals surface area contributed by atoms with Gasteiger partial charge in [0.1, 0.15) is 0 Å². The van der Waals surface area contributed by atoms with Gasteiger partial charge in [0.2, 0.25) is 5.91 Å². The van der Waals surface area contributed by atoms with E-state index < -0.39 is 0 Å². The number of hydrogen-bond acceptors (Lipinski definition) is 2. The molecule has 1 saturated carbocycles. The maximum atomic E-state index is 11.1. The molecular weight excluding hydrogens is 236 g/mol. The van der Waals surface area contributed by atoms with Crippen molar-refractivity contribution >= 4 is 5.91 Å². The van der Waals surface area contributed by atoms with Gasteiger partial charge in [0.15, 0.2) is 0 Å². The zero-order valence-corrected chi connectivity index (χ0v) is 11.7. The Morgan fingerprint density at radius 1 is 1.16 bits per heavy atom. The Kier molecular flexibility index (Phi) is 5.40. The fraction of sp³-hybridized carbons (Fsp3) is 0.562. The molecule has 0 aromatic heterocycles. The first kappa shape index (κ1) is 14.1. The Bertz CT molecular complexity index is 383. The molecule has 0 saturated heterocycles. The van der Waals surface area contributed by atoms with Crippen molar-refractivity contribution in [3.05, 3.63) is 35.9 Å². The minimum Gasteiger partial charge on any atom is -0.359 e. The second-order valence-corrected chi connectivity index (χ2v) is 5.34. The Morgan fingerprint density at radius 2 is 1.84 bits per heavy atom. The molecule has 1 aromatic carbocycles. The molecule has 0 atom stereocenters. The minimum atomic E-state index is 0.116. The molecule has 0 spiro atoms. The van der Waals surface area contributed by atoms with Crippen molar-refractivity contribution in [2.24, 2.45) is 0 Å². The van der Waals surface area contributed by atoms with Crippen molar-refractivity contribution in [1.82, 2.24) is 10.6 Å². The monoisotopic (exact) mass is 260 g/mol. The van der Waals surface area contributed by atoms with E-state index in [0.717, 1.165) is 12.5 Å². The molecular formula is C16H24N2O. The summed E-state index contributed by atoms with van der Waals surface area (Å²) < 4.78 is 0. The third-order valence-electron chi connectivity index (χ3n) is 4.06. The van der Waals surface area contributed by atoms with Crippen molar-refractivity contribution in [2.45, 2.75) is 44.1 Å². The maximum absolute atomic E-state index is 11.1. The molecule has 0 aliphatic heterocycles. The van der Waals surface area contributed by atoms with E-state index in [2.05, 4.69) is 41.0 Å². The Balaban J connectivity index is 1.69. The zero-order chi connectivity index (χ0) is 13.5. The molecule has 1 aliphatic carbocycles. The summed E-state index contributed by atoms with van der Waals surface area (Å²) in [6, 6.07) is 11.4. The zero-order valence-electron chi connectivity index (χ0n) is 11.7. The van der Waals surface area contributed by atoms with Gasteiger partial charge in [-0.3, -0.25) is 4.79 Å². The maximum Gasteiger partial charge on any atom is 0.221 e. The molecule has 1 amide bonds. The van der Waals surface area contributed by atoms with Crippen LogP contribution in [0.3, 0.4) is 0 Å². The van der Waals surface area contributed by atoms with Gasteiger partial charge >= 0.3 is 0 Å². The highest BCUT2D eigenvalue weighted by atomic mass is 16.1. The van der Waals surface area contributed by atoms with E-state index in [0.29, 0.717) is 12.5 Å². The van der Waals surface area contributed by atoms with E-state index in [1.807, 2.05) is 0 Å². The summed E-state index contributed by atoms with van der Waals surface area (Å²) in [6.07, 6.45) is 5.51. The second-order valence-electron chi connectivity index (χ2n) is 5.34. The predicted molar refractivity (Wildman–Crippen MR) is 78.1 cm³/mol. The molecule has 1 aromatic rings. The van der Waals surface area contributed by atoms with E-state index in [4.69, 9.17) is 0 Å². The normalized spacial score (nSPS) is 23.0. The van der Waals surface area contributed by atoms with Gasteiger partial charge in [-0.05, 0) is 37.2 Å². The highest BCUT2D eigenvalue weighted by Gasteiger charge is 2.21. The van der Waals surface area contributed by atoms with Gasteiger partial charge in [0.25, 0.3) is 0 Å². The fourth-order valence-corrected chi connectivity index (χ4v) is 2.87. The lowest BCUT2D eigenvalue weighted by Gasteiger charge is -2.29. The van der Waals surface area contributed by atoms with Crippen molar-refractivity contribution < 1.29 is 4.79 Å². The minimum absolute atomic E-state index is 0.116. The molecule has 3 heteroatoms. The number of carbonyl (C=O) groups excluding carboxylic acids is 1. The number of nitrogens with one attached hydrogen (secondary N) is 2. The van der Waals surface area contributed by atoms with Crippen LogP contribution in [0.2, 0.25) is 0 Å². The lowest BCUT2D eigenvalue weighted by atomic mass is 9.82. The number of amides is 1. The number of carbonyl (C=O) groups is 1.